The van der Waals surface area contributed by atoms with E-state index in [1.165, 1.54) is 6.07 Å². The third-order valence-electron chi connectivity index (χ3n) is 5.72. The Hall–Kier alpha value is -3.36. The molecule has 0 aliphatic carbocycles. The van der Waals surface area contributed by atoms with Gasteiger partial charge in [0.1, 0.15) is 11.5 Å². The molecule has 8 heteroatoms. The molecule has 0 radical (unpaired) electrons. The van der Waals surface area contributed by atoms with Crippen LogP contribution >= 0.6 is 0 Å². The predicted molar refractivity (Wildman–Crippen MR) is 122 cm³/mol. The first-order valence-electron chi connectivity index (χ1n) is 11.0. The number of benzene rings is 2. The number of nitrogens with zero attached hydrogens (tertiary/aromatic N) is 2. The molecule has 1 fully saturated rings. The molecule has 3 N–H and O–H groups in total. The molecular formula is C25H28N2O6. The summed E-state index contributed by atoms with van der Waals surface area (Å²) in [7, 11) is 0. The first-order chi connectivity index (χ1) is 15.8. The second kappa shape index (κ2) is 9.64. The van der Waals surface area contributed by atoms with E-state index in [4.69, 9.17) is 9.26 Å². The van der Waals surface area contributed by atoms with E-state index in [2.05, 4.69) is 10.1 Å². The van der Waals surface area contributed by atoms with Gasteiger partial charge in [0.05, 0.1) is 24.3 Å². The standard InChI is InChI=1S/C25H28N2O6/c1-15(2)11-18-12-19(21(29)13-20(18)28)24-22(23(25(30)31)26-33-24)17-5-3-16(4-6-17)14-27-7-9-32-10-8-27/h3-6,12-13,15,28-29H,7-11,14H2,1-2H3,(H,30,31). The zero-order valence-corrected chi connectivity index (χ0v) is 18.7. The molecule has 2 heterocycles. The van der Waals surface area contributed by atoms with Crippen LogP contribution in [0.4, 0.5) is 0 Å². The van der Waals surface area contributed by atoms with Crippen molar-refractivity contribution in [1.29, 1.82) is 0 Å². The van der Waals surface area contributed by atoms with Crippen molar-refractivity contribution in [2.75, 3.05) is 26.3 Å². The fourth-order valence-electron chi connectivity index (χ4n) is 4.09. The molecule has 2 aromatic carbocycles. The van der Waals surface area contributed by atoms with Gasteiger partial charge in [-0.25, -0.2) is 4.79 Å². The van der Waals surface area contributed by atoms with Crippen molar-refractivity contribution in [1.82, 2.24) is 10.1 Å². The molecule has 0 atom stereocenters. The van der Waals surface area contributed by atoms with E-state index in [0.29, 0.717) is 17.5 Å². The molecule has 8 nitrogen and oxygen atoms in total. The lowest BCUT2D eigenvalue weighted by molar-refractivity contribution is 0.0342. The summed E-state index contributed by atoms with van der Waals surface area (Å²) >= 11 is 0. The normalized spacial score (nSPS) is 14.6. The maximum atomic E-state index is 11.9. The molecule has 0 bridgehead atoms. The number of ether oxygens (including phenoxy) is 1. The van der Waals surface area contributed by atoms with Gasteiger partial charge in [0.2, 0.25) is 0 Å². The minimum absolute atomic E-state index is 0.0167. The highest BCUT2D eigenvalue weighted by Gasteiger charge is 2.26. The monoisotopic (exact) mass is 452 g/mol. The van der Waals surface area contributed by atoms with Crippen LogP contribution in [0.3, 0.4) is 0 Å². The lowest BCUT2D eigenvalue weighted by Gasteiger charge is -2.26. The molecule has 0 spiro atoms. The molecule has 0 unspecified atom stereocenters. The summed E-state index contributed by atoms with van der Waals surface area (Å²) in [5, 5.41) is 34.3. The topological polar surface area (TPSA) is 116 Å². The first-order valence-corrected chi connectivity index (χ1v) is 11.0. The summed E-state index contributed by atoms with van der Waals surface area (Å²) in [6, 6.07) is 10.5. The molecule has 4 rings (SSSR count). The summed E-state index contributed by atoms with van der Waals surface area (Å²) in [6.45, 7) is 8.01. The van der Waals surface area contributed by atoms with Gasteiger partial charge in [0.25, 0.3) is 0 Å². The molecular weight excluding hydrogens is 424 g/mol. The predicted octanol–water partition coefficient (Wildman–Crippen LogP) is 4.15. The highest BCUT2D eigenvalue weighted by Crippen LogP contribution is 2.42. The Morgan fingerprint density at radius 2 is 1.79 bits per heavy atom. The quantitative estimate of drug-likeness (QED) is 0.490. The summed E-state index contributed by atoms with van der Waals surface area (Å²) in [6.07, 6.45) is 0.588. The number of carbonyl (C=O) groups is 1. The van der Waals surface area contributed by atoms with Crippen LogP contribution in [0.15, 0.2) is 40.9 Å². The van der Waals surface area contributed by atoms with E-state index in [1.54, 1.807) is 6.07 Å². The first kappa shape index (κ1) is 22.8. The van der Waals surface area contributed by atoms with Gasteiger partial charge >= 0.3 is 5.97 Å². The Balaban J connectivity index is 1.73. The molecule has 1 aromatic heterocycles. The van der Waals surface area contributed by atoms with E-state index in [-0.39, 0.29) is 40.0 Å². The van der Waals surface area contributed by atoms with Gasteiger partial charge in [0, 0.05) is 25.7 Å². The van der Waals surface area contributed by atoms with Crippen molar-refractivity contribution in [3.05, 3.63) is 53.2 Å². The van der Waals surface area contributed by atoms with Crippen LogP contribution in [0.1, 0.15) is 35.5 Å². The third-order valence-corrected chi connectivity index (χ3v) is 5.72. The number of rotatable bonds is 7. The fourth-order valence-corrected chi connectivity index (χ4v) is 4.09. The van der Waals surface area contributed by atoms with Gasteiger partial charge in [-0.15, -0.1) is 0 Å². The Morgan fingerprint density at radius 3 is 2.42 bits per heavy atom. The second-order valence-corrected chi connectivity index (χ2v) is 8.72. The van der Waals surface area contributed by atoms with Crippen molar-refractivity contribution >= 4 is 5.97 Å². The van der Waals surface area contributed by atoms with Crippen molar-refractivity contribution < 1.29 is 29.4 Å². The minimum atomic E-state index is -1.22. The summed E-state index contributed by atoms with van der Waals surface area (Å²) in [4.78, 5) is 14.2. The number of aromatic nitrogens is 1. The van der Waals surface area contributed by atoms with E-state index >= 15 is 0 Å². The van der Waals surface area contributed by atoms with Crippen LogP contribution in [0.2, 0.25) is 0 Å². The third kappa shape index (κ3) is 5.02. The van der Waals surface area contributed by atoms with Crippen LogP contribution in [-0.4, -0.2) is 57.6 Å². The second-order valence-electron chi connectivity index (χ2n) is 8.72. The molecule has 33 heavy (non-hydrogen) atoms. The van der Waals surface area contributed by atoms with E-state index in [0.717, 1.165) is 38.4 Å². The van der Waals surface area contributed by atoms with Gasteiger partial charge in [-0.3, -0.25) is 4.90 Å². The van der Waals surface area contributed by atoms with Crippen LogP contribution < -0.4 is 0 Å². The summed E-state index contributed by atoms with van der Waals surface area (Å²) in [5.74, 6) is -1.03. The highest BCUT2D eigenvalue weighted by molar-refractivity contribution is 5.99. The summed E-state index contributed by atoms with van der Waals surface area (Å²) < 4.78 is 10.8. The Labute approximate surface area is 192 Å². The van der Waals surface area contributed by atoms with Crippen LogP contribution in [0.5, 0.6) is 11.5 Å². The number of phenols is 2. The fraction of sp³-hybridized carbons (Fsp3) is 0.360. The van der Waals surface area contributed by atoms with Crippen LogP contribution in [-0.2, 0) is 17.7 Å². The number of phenolic OH excluding ortho intramolecular Hbond substituents is 2. The minimum Gasteiger partial charge on any atom is -0.508 e. The average Bonchev–Trinajstić information content (AvgIpc) is 3.22. The zero-order valence-electron chi connectivity index (χ0n) is 18.7. The van der Waals surface area contributed by atoms with Crippen LogP contribution in [0, 0.1) is 5.92 Å². The molecule has 3 aromatic rings. The van der Waals surface area contributed by atoms with Crippen LogP contribution in [0.25, 0.3) is 22.5 Å². The van der Waals surface area contributed by atoms with Gasteiger partial charge < -0.3 is 24.6 Å². The zero-order chi connectivity index (χ0) is 23.5. The smallest absolute Gasteiger partial charge is 0.358 e. The number of hydrogen-bond acceptors (Lipinski definition) is 7. The van der Waals surface area contributed by atoms with E-state index in [1.807, 2.05) is 38.1 Å². The van der Waals surface area contributed by atoms with Crippen molar-refractivity contribution in [2.45, 2.75) is 26.8 Å². The average molecular weight is 453 g/mol. The number of carboxylic acid groups (broad SMARTS) is 1. The Bertz CT molecular complexity index is 1130. The van der Waals surface area contributed by atoms with Gasteiger partial charge in [-0.05, 0) is 35.1 Å². The molecule has 1 aliphatic rings. The molecule has 1 aliphatic heterocycles. The SMILES string of the molecule is CC(C)Cc1cc(-c2onc(C(=O)O)c2-c2ccc(CN3CCOCC3)cc2)c(O)cc1O. The lowest BCUT2D eigenvalue weighted by atomic mass is 9.94. The maximum absolute atomic E-state index is 11.9. The van der Waals surface area contributed by atoms with Crippen molar-refractivity contribution in [3.8, 4) is 33.9 Å². The van der Waals surface area contributed by atoms with E-state index in [9.17, 15) is 20.1 Å². The lowest BCUT2D eigenvalue weighted by Crippen LogP contribution is -2.35. The molecule has 0 amide bonds. The Kier molecular flexibility index (Phi) is 6.67. The van der Waals surface area contributed by atoms with Gasteiger partial charge in [-0.1, -0.05) is 43.3 Å². The largest absolute Gasteiger partial charge is 0.508 e. The van der Waals surface area contributed by atoms with Crippen molar-refractivity contribution in [2.24, 2.45) is 5.92 Å². The molecule has 174 valence electrons. The molecule has 1 saturated heterocycles. The van der Waals surface area contributed by atoms with Gasteiger partial charge in [-0.2, -0.15) is 0 Å². The maximum Gasteiger partial charge on any atom is 0.358 e. The van der Waals surface area contributed by atoms with E-state index < -0.39 is 5.97 Å². The van der Waals surface area contributed by atoms with Gasteiger partial charge in [0.15, 0.2) is 11.5 Å². The Morgan fingerprint density at radius 1 is 1.09 bits per heavy atom. The number of morpholine rings is 1. The van der Waals surface area contributed by atoms with Crippen molar-refractivity contribution in [3.63, 3.8) is 0 Å². The number of hydrogen-bond donors (Lipinski definition) is 3. The summed E-state index contributed by atoms with van der Waals surface area (Å²) in [5.41, 5.74) is 2.70. The molecule has 0 saturated carbocycles. The number of carboxylic acids is 1. The number of aromatic hydroxyl groups is 2. The highest BCUT2D eigenvalue weighted by atomic mass is 16.5. The number of aromatic carboxylic acids is 1.